The second kappa shape index (κ2) is 9.15. The van der Waals surface area contributed by atoms with Crippen molar-refractivity contribution >= 4 is 34.8 Å². The minimum atomic E-state index is -0.553. The van der Waals surface area contributed by atoms with E-state index in [4.69, 9.17) is 0 Å². The summed E-state index contributed by atoms with van der Waals surface area (Å²) in [6.45, 7) is -0.198. The average Bonchev–Trinajstić information content (AvgIpc) is 3.04. The van der Waals surface area contributed by atoms with Crippen LogP contribution in [0.25, 0.3) is 5.57 Å². The number of carbonyl (C=O) groups is 2. The molecule has 3 aromatic carbocycles. The molecular weight excluding hydrogens is 431 g/mol. The molecule has 0 unspecified atom stereocenters. The van der Waals surface area contributed by atoms with Gasteiger partial charge in [0.25, 0.3) is 17.5 Å². The monoisotopic (exact) mass is 448 g/mol. The zero-order chi connectivity index (χ0) is 22.7. The Labute approximate surface area is 187 Å². The topological polar surface area (TPSA) is 80.5 Å². The molecule has 8 heteroatoms. The average molecular weight is 448 g/mol. The van der Waals surface area contributed by atoms with Gasteiger partial charge < -0.3 is 0 Å². The molecule has 4 rings (SSSR count). The van der Waals surface area contributed by atoms with Crippen molar-refractivity contribution in [1.82, 2.24) is 4.90 Å². The van der Waals surface area contributed by atoms with Crippen LogP contribution >= 0.6 is 11.8 Å². The zero-order valence-electron chi connectivity index (χ0n) is 16.7. The number of hydrogen-bond donors (Lipinski definition) is 0. The summed E-state index contributed by atoms with van der Waals surface area (Å²) in [6, 6.07) is 20.9. The van der Waals surface area contributed by atoms with Gasteiger partial charge in [0.05, 0.1) is 21.9 Å². The van der Waals surface area contributed by atoms with Crippen LogP contribution in [0.5, 0.6) is 0 Å². The third kappa shape index (κ3) is 4.31. The standard InChI is InChI=1S/C24H17FN2O4S/c25-20-9-5-4-8-18(20)14-26-23(28)21(17-10-12-19(13-11-17)27(30)31)22(24(26)29)32-15-16-6-2-1-3-7-16/h1-13H,14-15H2. The molecule has 2 amide bonds. The number of halogens is 1. The maximum absolute atomic E-state index is 14.2. The van der Waals surface area contributed by atoms with Crippen LogP contribution in [0, 0.1) is 15.9 Å². The molecule has 0 aliphatic carbocycles. The Bertz CT molecular complexity index is 1230. The van der Waals surface area contributed by atoms with Crippen LogP contribution in [-0.2, 0) is 21.9 Å². The van der Waals surface area contributed by atoms with Gasteiger partial charge >= 0.3 is 0 Å². The van der Waals surface area contributed by atoms with Crippen LogP contribution in [0.3, 0.4) is 0 Å². The first-order chi connectivity index (χ1) is 15.5. The molecule has 0 bridgehead atoms. The number of thioether (sulfide) groups is 1. The molecule has 0 spiro atoms. The highest BCUT2D eigenvalue weighted by atomic mass is 32.2. The number of imide groups is 1. The van der Waals surface area contributed by atoms with Crippen LogP contribution in [0.4, 0.5) is 10.1 Å². The highest BCUT2D eigenvalue weighted by molar-refractivity contribution is 8.03. The molecule has 0 N–H and O–H groups in total. The SMILES string of the molecule is O=C1C(SCc2ccccc2)=C(c2ccc([N+](=O)[O-])cc2)C(=O)N1Cc1ccccc1F. The Morgan fingerprint density at radius 2 is 1.53 bits per heavy atom. The molecular formula is C24H17FN2O4S. The minimum Gasteiger partial charge on any atom is -0.269 e. The van der Waals surface area contributed by atoms with E-state index in [1.165, 1.54) is 54.2 Å². The molecule has 160 valence electrons. The Kier molecular flexibility index (Phi) is 6.13. The Hall–Kier alpha value is -3.78. The van der Waals surface area contributed by atoms with Gasteiger partial charge in [-0.2, -0.15) is 0 Å². The van der Waals surface area contributed by atoms with E-state index in [-0.39, 0.29) is 28.3 Å². The Balaban J connectivity index is 1.69. The highest BCUT2D eigenvalue weighted by Gasteiger charge is 2.39. The van der Waals surface area contributed by atoms with Gasteiger partial charge in [0.1, 0.15) is 5.82 Å². The van der Waals surface area contributed by atoms with Crippen molar-refractivity contribution in [2.75, 3.05) is 0 Å². The van der Waals surface area contributed by atoms with Gasteiger partial charge in [0, 0.05) is 23.4 Å². The van der Waals surface area contributed by atoms with Crippen molar-refractivity contribution < 1.29 is 18.9 Å². The van der Waals surface area contributed by atoms with Crippen molar-refractivity contribution in [3.63, 3.8) is 0 Å². The molecule has 0 fully saturated rings. The molecule has 1 heterocycles. The number of nitro benzene ring substituents is 1. The van der Waals surface area contributed by atoms with Gasteiger partial charge in [0.2, 0.25) is 0 Å². The van der Waals surface area contributed by atoms with Gasteiger partial charge in [-0.15, -0.1) is 11.8 Å². The summed E-state index contributed by atoms with van der Waals surface area (Å²) < 4.78 is 14.2. The van der Waals surface area contributed by atoms with Crippen LogP contribution in [0.15, 0.2) is 83.8 Å². The van der Waals surface area contributed by atoms with Gasteiger partial charge in [-0.25, -0.2) is 4.39 Å². The summed E-state index contributed by atoms with van der Waals surface area (Å²) in [5.74, 6) is -1.11. The summed E-state index contributed by atoms with van der Waals surface area (Å²) in [7, 11) is 0. The van der Waals surface area contributed by atoms with Crippen molar-refractivity contribution in [3.8, 4) is 0 Å². The fraction of sp³-hybridized carbons (Fsp3) is 0.0833. The van der Waals surface area contributed by atoms with E-state index in [0.717, 1.165) is 10.5 Å². The predicted octanol–water partition coefficient (Wildman–Crippen LogP) is 4.95. The maximum Gasteiger partial charge on any atom is 0.269 e. The van der Waals surface area contributed by atoms with Gasteiger partial charge in [-0.3, -0.25) is 24.6 Å². The smallest absolute Gasteiger partial charge is 0.269 e. The molecule has 0 saturated carbocycles. The number of amides is 2. The van der Waals surface area contributed by atoms with E-state index in [9.17, 15) is 24.1 Å². The molecule has 0 radical (unpaired) electrons. The van der Waals surface area contributed by atoms with Crippen molar-refractivity contribution in [3.05, 3.63) is 116 Å². The summed E-state index contributed by atoms with van der Waals surface area (Å²) in [6.07, 6.45) is 0. The first-order valence-corrected chi connectivity index (χ1v) is 10.7. The fourth-order valence-corrected chi connectivity index (χ4v) is 4.45. The Morgan fingerprint density at radius 1 is 0.875 bits per heavy atom. The summed E-state index contributed by atoms with van der Waals surface area (Å²) >= 11 is 1.22. The van der Waals surface area contributed by atoms with Crippen LogP contribution in [0.2, 0.25) is 0 Å². The molecule has 3 aromatic rings. The van der Waals surface area contributed by atoms with Gasteiger partial charge in [0.15, 0.2) is 0 Å². The molecule has 0 saturated heterocycles. The van der Waals surface area contributed by atoms with E-state index < -0.39 is 22.6 Å². The molecule has 0 atom stereocenters. The van der Waals surface area contributed by atoms with Crippen molar-refractivity contribution in [1.29, 1.82) is 0 Å². The lowest BCUT2D eigenvalue weighted by Gasteiger charge is -2.15. The fourth-order valence-electron chi connectivity index (χ4n) is 3.36. The number of nitrogens with zero attached hydrogens (tertiary/aromatic N) is 2. The third-order valence-corrected chi connectivity index (χ3v) is 6.15. The van der Waals surface area contributed by atoms with E-state index in [0.29, 0.717) is 11.3 Å². The van der Waals surface area contributed by atoms with E-state index in [1.807, 2.05) is 30.3 Å². The number of carbonyl (C=O) groups excluding carboxylic acids is 2. The zero-order valence-corrected chi connectivity index (χ0v) is 17.5. The predicted molar refractivity (Wildman–Crippen MR) is 120 cm³/mol. The minimum absolute atomic E-state index is 0.118. The number of rotatable bonds is 7. The second-order valence-corrected chi connectivity index (χ2v) is 8.06. The number of non-ortho nitro benzene ring substituents is 1. The number of hydrogen-bond acceptors (Lipinski definition) is 5. The molecule has 6 nitrogen and oxygen atoms in total. The summed E-state index contributed by atoms with van der Waals surface area (Å²) in [5.41, 5.74) is 1.66. The first-order valence-electron chi connectivity index (χ1n) is 9.71. The van der Waals surface area contributed by atoms with E-state index >= 15 is 0 Å². The largest absolute Gasteiger partial charge is 0.269 e. The molecule has 1 aliphatic heterocycles. The number of nitro groups is 1. The van der Waals surface area contributed by atoms with E-state index in [1.54, 1.807) is 6.07 Å². The quantitative estimate of drug-likeness (QED) is 0.290. The van der Waals surface area contributed by atoms with Crippen molar-refractivity contribution in [2.45, 2.75) is 12.3 Å². The third-order valence-electron chi connectivity index (χ3n) is 5.00. The van der Waals surface area contributed by atoms with Crippen LogP contribution < -0.4 is 0 Å². The lowest BCUT2D eigenvalue weighted by Crippen LogP contribution is -2.31. The summed E-state index contributed by atoms with van der Waals surface area (Å²) in [5, 5.41) is 11.0. The lowest BCUT2D eigenvalue weighted by molar-refractivity contribution is -0.384. The van der Waals surface area contributed by atoms with Gasteiger partial charge in [-0.1, -0.05) is 48.5 Å². The highest BCUT2D eigenvalue weighted by Crippen LogP contribution is 2.38. The van der Waals surface area contributed by atoms with Crippen LogP contribution in [0.1, 0.15) is 16.7 Å². The molecule has 0 aromatic heterocycles. The van der Waals surface area contributed by atoms with E-state index in [2.05, 4.69) is 0 Å². The maximum atomic E-state index is 14.2. The lowest BCUT2D eigenvalue weighted by atomic mass is 10.1. The van der Waals surface area contributed by atoms with Crippen LogP contribution in [-0.4, -0.2) is 21.6 Å². The Morgan fingerprint density at radius 3 is 2.19 bits per heavy atom. The molecule has 32 heavy (non-hydrogen) atoms. The number of benzene rings is 3. The summed E-state index contributed by atoms with van der Waals surface area (Å²) in [4.78, 5) is 38.2. The normalized spacial score (nSPS) is 13.7. The van der Waals surface area contributed by atoms with Crippen molar-refractivity contribution in [2.24, 2.45) is 0 Å². The second-order valence-electron chi connectivity index (χ2n) is 7.07. The first kappa shape index (κ1) is 21.5. The van der Waals surface area contributed by atoms with Gasteiger partial charge in [-0.05, 0) is 29.3 Å². The molecule has 1 aliphatic rings.